The molecule has 2 heterocycles. The van der Waals surface area contributed by atoms with Crippen LogP contribution in [0, 0.1) is 0 Å². The standard InChI is InChI=1S/C12H9ClF3N3O2S/c1-18-2-3-22-11(18)17-9(20)6-19-5-7(12(14,15)16)4-8(13)10(19)21/h2-5H,6H2,1H3. The van der Waals surface area contributed by atoms with E-state index in [4.69, 9.17) is 11.6 Å². The lowest BCUT2D eigenvalue weighted by Crippen LogP contribution is -2.26. The van der Waals surface area contributed by atoms with Crippen LogP contribution in [0.1, 0.15) is 5.56 Å². The average molecular weight is 352 g/mol. The third-order valence-corrected chi connectivity index (χ3v) is 3.77. The number of hydrogen-bond donors (Lipinski definition) is 0. The number of hydrogen-bond acceptors (Lipinski definition) is 3. The van der Waals surface area contributed by atoms with Gasteiger partial charge in [-0.25, -0.2) is 0 Å². The molecule has 0 saturated heterocycles. The number of pyridine rings is 1. The molecular formula is C12H9ClF3N3O2S. The van der Waals surface area contributed by atoms with Gasteiger partial charge in [0.1, 0.15) is 11.6 Å². The number of aryl methyl sites for hydroxylation is 1. The Hall–Kier alpha value is -1.87. The van der Waals surface area contributed by atoms with E-state index >= 15 is 0 Å². The minimum atomic E-state index is -4.67. The van der Waals surface area contributed by atoms with E-state index in [1.807, 2.05) is 0 Å². The zero-order valence-electron chi connectivity index (χ0n) is 11.1. The lowest BCUT2D eigenvalue weighted by Gasteiger charge is -2.10. The van der Waals surface area contributed by atoms with Crippen molar-refractivity contribution in [3.05, 3.63) is 49.6 Å². The molecule has 0 atom stereocenters. The molecule has 0 saturated carbocycles. The highest BCUT2D eigenvalue weighted by Gasteiger charge is 2.32. The van der Waals surface area contributed by atoms with Crippen LogP contribution in [0.2, 0.25) is 5.02 Å². The fourth-order valence-corrected chi connectivity index (χ4v) is 2.57. The Labute approximate surface area is 130 Å². The Morgan fingerprint density at radius 1 is 1.45 bits per heavy atom. The molecule has 0 aromatic carbocycles. The van der Waals surface area contributed by atoms with Crippen LogP contribution in [-0.2, 0) is 24.6 Å². The monoisotopic (exact) mass is 351 g/mol. The van der Waals surface area contributed by atoms with Crippen molar-refractivity contribution in [3.63, 3.8) is 0 Å². The topological polar surface area (TPSA) is 56.4 Å². The molecule has 0 aliphatic rings. The fraction of sp³-hybridized carbons (Fsp3) is 0.250. The van der Waals surface area contributed by atoms with Gasteiger partial charge in [0.2, 0.25) is 0 Å². The normalized spacial score (nSPS) is 12.7. The minimum Gasteiger partial charge on any atom is -0.327 e. The smallest absolute Gasteiger partial charge is 0.327 e. The van der Waals surface area contributed by atoms with E-state index in [1.165, 1.54) is 11.3 Å². The summed E-state index contributed by atoms with van der Waals surface area (Å²) < 4.78 is 40.2. The zero-order chi connectivity index (χ0) is 16.5. The number of rotatable bonds is 2. The van der Waals surface area contributed by atoms with Gasteiger partial charge in [0.05, 0.1) is 5.56 Å². The molecule has 0 aliphatic heterocycles. The van der Waals surface area contributed by atoms with Crippen molar-refractivity contribution in [2.24, 2.45) is 12.0 Å². The predicted octanol–water partition coefficient (Wildman–Crippen LogP) is 2.05. The maximum absolute atomic E-state index is 12.7. The Bertz CT molecular complexity index is 835. The summed E-state index contributed by atoms with van der Waals surface area (Å²) in [5, 5.41) is 1.09. The van der Waals surface area contributed by atoms with Crippen molar-refractivity contribution in [2.45, 2.75) is 12.7 Å². The third-order valence-electron chi connectivity index (χ3n) is 2.66. The van der Waals surface area contributed by atoms with Crippen molar-refractivity contribution in [3.8, 4) is 0 Å². The molecule has 0 spiro atoms. The second-order valence-electron chi connectivity index (χ2n) is 4.31. The second kappa shape index (κ2) is 6.09. The quantitative estimate of drug-likeness (QED) is 0.831. The number of carbonyl (C=O) groups is 1. The van der Waals surface area contributed by atoms with E-state index in [0.29, 0.717) is 21.6 Å². The van der Waals surface area contributed by atoms with Crippen LogP contribution in [0.25, 0.3) is 0 Å². The first kappa shape index (κ1) is 16.5. The second-order valence-corrected chi connectivity index (χ2v) is 5.59. The number of aromatic nitrogens is 2. The summed E-state index contributed by atoms with van der Waals surface area (Å²) in [4.78, 5) is 27.6. The summed E-state index contributed by atoms with van der Waals surface area (Å²) in [5.74, 6) is -0.754. The molecule has 10 heteroatoms. The van der Waals surface area contributed by atoms with Crippen LogP contribution < -0.4 is 10.4 Å². The van der Waals surface area contributed by atoms with Crippen LogP contribution in [0.4, 0.5) is 13.2 Å². The van der Waals surface area contributed by atoms with Crippen molar-refractivity contribution >= 4 is 28.8 Å². The first-order chi connectivity index (χ1) is 10.2. The van der Waals surface area contributed by atoms with Crippen molar-refractivity contribution in [2.75, 3.05) is 0 Å². The molecule has 22 heavy (non-hydrogen) atoms. The van der Waals surface area contributed by atoms with Crippen molar-refractivity contribution in [1.82, 2.24) is 9.13 Å². The molecule has 0 radical (unpaired) electrons. The highest BCUT2D eigenvalue weighted by atomic mass is 35.5. The van der Waals surface area contributed by atoms with Gasteiger partial charge in [-0.15, -0.1) is 11.3 Å². The number of thiazole rings is 1. The fourth-order valence-electron chi connectivity index (χ4n) is 1.59. The Balaban J connectivity index is 2.38. The molecule has 5 nitrogen and oxygen atoms in total. The molecule has 0 unspecified atom stereocenters. The largest absolute Gasteiger partial charge is 0.417 e. The molecule has 2 aromatic rings. The number of nitrogens with zero attached hydrogens (tertiary/aromatic N) is 3. The zero-order valence-corrected chi connectivity index (χ0v) is 12.7. The van der Waals surface area contributed by atoms with Gasteiger partial charge in [-0.2, -0.15) is 18.2 Å². The molecule has 0 bridgehead atoms. The van der Waals surface area contributed by atoms with Gasteiger partial charge in [-0.3, -0.25) is 9.59 Å². The molecule has 1 amide bonds. The van der Waals surface area contributed by atoms with Crippen molar-refractivity contribution in [1.29, 1.82) is 0 Å². The SMILES string of the molecule is Cn1ccsc1=NC(=O)Cn1cc(C(F)(F)F)cc(Cl)c1=O. The van der Waals surface area contributed by atoms with E-state index in [0.717, 1.165) is 0 Å². The predicted molar refractivity (Wildman–Crippen MR) is 74.6 cm³/mol. The molecule has 0 N–H and O–H groups in total. The summed E-state index contributed by atoms with van der Waals surface area (Å²) in [5.41, 5.74) is -1.99. The van der Waals surface area contributed by atoms with E-state index in [2.05, 4.69) is 4.99 Å². The molecular weight excluding hydrogens is 343 g/mol. The minimum absolute atomic E-state index is 0.371. The van der Waals surface area contributed by atoms with Crippen LogP contribution in [0.3, 0.4) is 0 Å². The third kappa shape index (κ3) is 3.66. The number of alkyl halides is 3. The van der Waals surface area contributed by atoms with Crippen molar-refractivity contribution < 1.29 is 18.0 Å². The Morgan fingerprint density at radius 3 is 2.68 bits per heavy atom. The van der Waals surface area contributed by atoms with Gasteiger partial charge in [-0.05, 0) is 6.07 Å². The van der Waals surface area contributed by atoms with Crippen LogP contribution in [0.15, 0.2) is 33.6 Å². The maximum atomic E-state index is 12.7. The summed E-state index contributed by atoms with van der Waals surface area (Å²) in [7, 11) is 1.66. The molecule has 2 rings (SSSR count). The van der Waals surface area contributed by atoms with Crippen LogP contribution in [-0.4, -0.2) is 15.0 Å². The van der Waals surface area contributed by atoms with Gasteiger partial charge in [0.25, 0.3) is 11.5 Å². The van der Waals surface area contributed by atoms with Crippen LogP contribution >= 0.6 is 22.9 Å². The molecule has 2 aromatic heterocycles. The first-order valence-corrected chi connectivity index (χ1v) is 7.09. The summed E-state index contributed by atoms with van der Waals surface area (Å²) in [6, 6.07) is 0.529. The average Bonchev–Trinajstić information content (AvgIpc) is 2.79. The van der Waals surface area contributed by atoms with Gasteiger partial charge < -0.3 is 9.13 Å². The summed E-state index contributed by atoms with van der Waals surface area (Å²) in [6.07, 6.45) is -2.44. The molecule has 0 aliphatic carbocycles. The number of carbonyl (C=O) groups excluding carboxylic acids is 1. The lowest BCUT2D eigenvalue weighted by atomic mass is 10.2. The van der Waals surface area contributed by atoms with Crippen LogP contribution in [0.5, 0.6) is 0 Å². The Kier molecular flexibility index (Phi) is 4.57. The van der Waals surface area contributed by atoms with E-state index in [-0.39, 0.29) is 0 Å². The van der Waals surface area contributed by atoms with E-state index < -0.39 is 34.8 Å². The van der Waals surface area contributed by atoms with Gasteiger partial charge in [-0.1, -0.05) is 11.6 Å². The highest BCUT2D eigenvalue weighted by molar-refractivity contribution is 7.07. The Morgan fingerprint density at radius 2 is 2.14 bits per heavy atom. The summed E-state index contributed by atoms with van der Waals surface area (Å²) >= 11 is 6.68. The van der Waals surface area contributed by atoms with Gasteiger partial charge >= 0.3 is 6.18 Å². The number of amides is 1. The number of halogens is 4. The van der Waals surface area contributed by atoms with Gasteiger partial charge in [0, 0.05) is 24.8 Å². The molecule has 118 valence electrons. The maximum Gasteiger partial charge on any atom is 0.417 e. The van der Waals surface area contributed by atoms with Gasteiger partial charge in [0.15, 0.2) is 4.80 Å². The highest BCUT2D eigenvalue weighted by Crippen LogP contribution is 2.29. The lowest BCUT2D eigenvalue weighted by molar-refractivity contribution is -0.138. The van der Waals surface area contributed by atoms with E-state index in [9.17, 15) is 22.8 Å². The van der Waals surface area contributed by atoms with E-state index in [1.54, 1.807) is 23.2 Å². The first-order valence-electron chi connectivity index (χ1n) is 5.83. The molecule has 0 fully saturated rings. The summed E-state index contributed by atoms with van der Waals surface area (Å²) in [6.45, 7) is -0.625.